The molecule has 5 heteroatoms. The van der Waals surface area contributed by atoms with Crippen molar-refractivity contribution in [2.45, 2.75) is 51.1 Å². The van der Waals surface area contributed by atoms with Crippen LogP contribution in [0.3, 0.4) is 0 Å². The van der Waals surface area contributed by atoms with E-state index in [1.165, 1.54) is 37.8 Å². The van der Waals surface area contributed by atoms with Crippen molar-refractivity contribution in [1.82, 2.24) is 9.88 Å². The lowest BCUT2D eigenvalue weighted by Crippen LogP contribution is -2.35. The van der Waals surface area contributed by atoms with Gasteiger partial charge in [-0.1, -0.05) is 37.8 Å². The van der Waals surface area contributed by atoms with Crippen LogP contribution in [-0.2, 0) is 6.54 Å². The van der Waals surface area contributed by atoms with Crippen LogP contribution in [0.25, 0.3) is 10.2 Å². The molecule has 1 aliphatic rings. The van der Waals surface area contributed by atoms with E-state index >= 15 is 0 Å². The normalized spacial score (nSPS) is 15.9. The van der Waals surface area contributed by atoms with E-state index in [2.05, 4.69) is 5.32 Å². The Hall–Kier alpha value is -2.14. The van der Waals surface area contributed by atoms with Crippen molar-refractivity contribution in [3.63, 3.8) is 0 Å². The molecular formula is C21H23FN2OS. The lowest BCUT2D eigenvalue weighted by atomic mass is 10.1. The lowest BCUT2D eigenvalue weighted by Gasteiger charge is -2.17. The van der Waals surface area contributed by atoms with E-state index in [0.29, 0.717) is 12.2 Å². The molecule has 1 amide bonds. The summed E-state index contributed by atoms with van der Waals surface area (Å²) in [5.74, 6) is -0.266. The topological polar surface area (TPSA) is 34.0 Å². The molecule has 0 bridgehead atoms. The van der Waals surface area contributed by atoms with Gasteiger partial charge in [-0.15, -0.1) is 11.3 Å². The third kappa shape index (κ3) is 3.68. The first-order valence-corrected chi connectivity index (χ1v) is 10.2. The molecule has 0 atom stereocenters. The minimum atomic E-state index is -0.249. The van der Waals surface area contributed by atoms with Crippen LogP contribution in [0.2, 0.25) is 0 Å². The minimum Gasteiger partial charge on any atom is -0.348 e. The maximum absolute atomic E-state index is 13.6. The molecule has 0 saturated heterocycles. The van der Waals surface area contributed by atoms with Gasteiger partial charge in [0, 0.05) is 12.6 Å². The highest BCUT2D eigenvalue weighted by Crippen LogP contribution is 2.27. The highest BCUT2D eigenvalue weighted by atomic mass is 32.1. The van der Waals surface area contributed by atoms with Gasteiger partial charge < -0.3 is 9.88 Å². The van der Waals surface area contributed by atoms with Crippen LogP contribution >= 0.6 is 11.3 Å². The molecule has 26 heavy (non-hydrogen) atoms. The predicted octanol–water partition coefficient (Wildman–Crippen LogP) is 5.34. The molecule has 136 valence electrons. The first kappa shape index (κ1) is 17.3. The van der Waals surface area contributed by atoms with E-state index in [-0.39, 0.29) is 17.8 Å². The molecule has 1 aliphatic carbocycles. The standard InChI is InChI=1S/C21H23FN2OS/c22-16-7-5-6-15(12-16)14-24-18-10-11-26-20(18)13-19(24)21(25)23-17-8-3-1-2-4-9-17/h5-7,10-13,17H,1-4,8-9,14H2,(H,23,25). The Balaban J connectivity index is 1.61. The molecule has 2 heterocycles. The number of rotatable bonds is 4. The van der Waals surface area contributed by atoms with Gasteiger partial charge in [0.05, 0.1) is 10.2 Å². The van der Waals surface area contributed by atoms with Crippen LogP contribution in [0.1, 0.15) is 54.6 Å². The molecule has 4 rings (SSSR count). The van der Waals surface area contributed by atoms with E-state index in [4.69, 9.17) is 0 Å². The van der Waals surface area contributed by atoms with Gasteiger partial charge >= 0.3 is 0 Å². The van der Waals surface area contributed by atoms with Crippen LogP contribution < -0.4 is 5.32 Å². The van der Waals surface area contributed by atoms with Gasteiger partial charge in [0.15, 0.2) is 0 Å². The van der Waals surface area contributed by atoms with Crippen molar-refractivity contribution in [2.75, 3.05) is 0 Å². The number of nitrogens with zero attached hydrogens (tertiary/aromatic N) is 1. The third-order valence-corrected chi connectivity index (χ3v) is 6.03. The number of thiophene rings is 1. The molecule has 0 radical (unpaired) electrons. The fourth-order valence-corrected chi connectivity index (χ4v) is 4.66. The highest BCUT2D eigenvalue weighted by molar-refractivity contribution is 7.17. The average molecular weight is 370 g/mol. The number of hydrogen-bond donors (Lipinski definition) is 1. The van der Waals surface area contributed by atoms with Gasteiger partial charge in [-0.05, 0) is 48.1 Å². The second-order valence-corrected chi connectivity index (χ2v) is 8.03. The van der Waals surface area contributed by atoms with Crippen molar-refractivity contribution < 1.29 is 9.18 Å². The fraction of sp³-hybridized carbons (Fsp3) is 0.381. The van der Waals surface area contributed by atoms with Crippen LogP contribution in [0.4, 0.5) is 4.39 Å². The monoisotopic (exact) mass is 370 g/mol. The molecule has 1 fully saturated rings. The Morgan fingerprint density at radius 1 is 1.15 bits per heavy atom. The summed E-state index contributed by atoms with van der Waals surface area (Å²) in [6, 6.07) is 10.8. The smallest absolute Gasteiger partial charge is 0.268 e. The van der Waals surface area contributed by atoms with E-state index in [1.54, 1.807) is 17.4 Å². The van der Waals surface area contributed by atoms with Crippen LogP contribution in [0, 0.1) is 5.82 Å². The summed E-state index contributed by atoms with van der Waals surface area (Å²) in [5.41, 5.74) is 2.56. The molecule has 0 unspecified atom stereocenters. The van der Waals surface area contributed by atoms with Crippen molar-refractivity contribution >= 4 is 27.5 Å². The zero-order valence-electron chi connectivity index (χ0n) is 14.7. The SMILES string of the molecule is O=C(NC1CCCCCC1)c1cc2sccc2n1Cc1cccc(F)c1. The number of aromatic nitrogens is 1. The summed E-state index contributed by atoms with van der Waals surface area (Å²) in [4.78, 5) is 13.0. The molecular weight excluding hydrogens is 347 g/mol. The molecule has 0 spiro atoms. The molecule has 1 aromatic carbocycles. The van der Waals surface area contributed by atoms with E-state index < -0.39 is 0 Å². The Labute approximate surface area is 156 Å². The van der Waals surface area contributed by atoms with Gasteiger partial charge in [0.1, 0.15) is 11.5 Å². The zero-order chi connectivity index (χ0) is 17.9. The summed E-state index contributed by atoms with van der Waals surface area (Å²) < 4.78 is 16.7. The Morgan fingerprint density at radius 3 is 2.73 bits per heavy atom. The van der Waals surface area contributed by atoms with Crippen molar-refractivity contribution in [1.29, 1.82) is 0 Å². The second kappa shape index (κ2) is 7.62. The van der Waals surface area contributed by atoms with Crippen molar-refractivity contribution in [3.05, 3.63) is 58.9 Å². The van der Waals surface area contributed by atoms with Crippen molar-refractivity contribution in [2.24, 2.45) is 0 Å². The largest absolute Gasteiger partial charge is 0.348 e. The Morgan fingerprint density at radius 2 is 1.96 bits per heavy atom. The number of amides is 1. The summed E-state index contributed by atoms with van der Waals surface area (Å²) in [5, 5.41) is 5.26. The molecule has 1 N–H and O–H groups in total. The molecule has 2 aromatic heterocycles. The fourth-order valence-electron chi connectivity index (χ4n) is 3.84. The summed E-state index contributed by atoms with van der Waals surface area (Å²) in [7, 11) is 0. The molecule has 1 saturated carbocycles. The third-order valence-electron chi connectivity index (χ3n) is 5.18. The average Bonchev–Trinajstić information content (AvgIpc) is 3.10. The van der Waals surface area contributed by atoms with Crippen LogP contribution in [0.5, 0.6) is 0 Å². The maximum Gasteiger partial charge on any atom is 0.268 e. The molecule has 3 aromatic rings. The Kier molecular flexibility index (Phi) is 5.07. The molecule has 3 nitrogen and oxygen atoms in total. The van der Waals surface area contributed by atoms with Gasteiger partial charge in [-0.2, -0.15) is 0 Å². The van der Waals surface area contributed by atoms with Crippen LogP contribution in [-0.4, -0.2) is 16.5 Å². The number of benzene rings is 1. The predicted molar refractivity (Wildman–Crippen MR) is 104 cm³/mol. The Bertz CT molecular complexity index is 906. The summed E-state index contributed by atoms with van der Waals surface area (Å²) in [6.45, 7) is 0.491. The first-order chi connectivity index (χ1) is 12.7. The maximum atomic E-state index is 13.6. The van der Waals surface area contributed by atoms with Gasteiger partial charge in [-0.25, -0.2) is 4.39 Å². The summed E-state index contributed by atoms with van der Waals surface area (Å²) >= 11 is 1.63. The highest BCUT2D eigenvalue weighted by Gasteiger charge is 2.20. The quantitative estimate of drug-likeness (QED) is 0.618. The zero-order valence-corrected chi connectivity index (χ0v) is 15.5. The number of hydrogen-bond acceptors (Lipinski definition) is 2. The second-order valence-electron chi connectivity index (χ2n) is 7.08. The van der Waals surface area contributed by atoms with Gasteiger partial charge in [0.25, 0.3) is 5.91 Å². The minimum absolute atomic E-state index is 0.0169. The molecule has 0 aliphatic heterocycles. The number of carbonyl (C=O) groups is 1. The van der Waals surface area contributed by atoms with Crippen molar-refractivity contribution in [3.8, 4) is 0 Å². The van der Waals surface area contributed by atoms with Crippen LogP contribution in [0.15, 0.2) is 41.8 Å². The summed E-state index contributed by atoms with van der Waals surface area (Å²) in [6.07, 6.45) is 7.01. The lowest BCUT2D eigenvalue weighted by molar-refractivity contribution is 0.0925. The number of fused-ring (bicyclic) bond motifs is 1. The van der Waals surface area contributed by atoms with Gasteiger partial charge in [-0.3, -0.25) is 4.79 Å². The number of nitrogens with one attached hydrogen (secondary N) is 1. The van der Waals surface area contributed by atoms with E-state index in [0.717, 1.165) is 28.6 Å². The van der Waals surface area contributed by atoms with E-state index in [1.807, 2.05) is 28.1 Å². The van der Waals surface area contributed by atoms with E-state index in [9.17, 15) is 9.18 Å². The number of carbonyl (C=O) groups excluding carboxylic acids is 1. The first-order valence-electron chi connectivity index (χ1n) is 9.33. The number of halogens is 1. The van der Waals surface area contributed by atoms with Gasteiger partial charge in [0.2, 0.25) is 0 Å².